The van der Waals surface area contributed by atoms with E-state index in [2.05, 4.69) is 0 Å². The summed E-state index contributed by atoms with van der Waals surface area (Å²) in [5.41, 5.74) is 6.58. The number of hydrogen-bond acceptors (Lipinski definition) is 2. The van der Waals surface area contributed by atoms with Crippen LogP contribution in [0.4, 0.5) is 4.39 Å². The van der Waals surface area contributed by atoms with Crippen molar-refractivity contribution in [2.45, 2.75) is 12.3 Å². The van der Waals surface area contributed by atoms with Gasteiger partial charge in [0.05, 0.1) is 0 Å². The fourth-order valence-electron chi connectivity index (χ4n) is 2.22. The molecule has 1 fully saturated rings. The number of hydrogen-bond donors (Lipinski definition) is 1. The quantitative estimate of drug-likeness (QED) is 0.855. The predicted molar refractivity (Wildman–Crippen MR) is 63.6 cm³/mol. The van der Waals surface area contributed by atoms with E-state index in [4.69, 9.17) is 5.73 Å². The zero-order valence-electron chi connectivity index (χ0n) is 8.66. The first-order valence-electron chi connectivity index (χ1n) is 5.35. The molecule has 1 aromatic rings. The summed E-state index contributed by atoms with van der Waals surface area (Å²) in [4.78, 5) is 0. The summed E-state index contributed by atoms with van der Waals surface area (Å²) in [5, 5.41) is 0. The largest absolute Gasteiger partial charge is 0.330 e. The predicted octanol–water partition coefficient (Wildman–Crippen LogP) is 2.62. The molecule has 0 aromatic heterocycles. The van der Waals surface area contributed by atoms with Crippen LogP contribution in [0.5, 0.6) is 0 Å². The second kappa shape index (κ2) is 4.99. The van der Waals surface area contributed by atoms with E-state index in [0.29, 0.717) is 12.5 Å². The SMILES string of the molecule is NCC(c1ccccc1F)C1CCSC1. The molecule has 0 spiro atoms. The highest BCUT2D eigenvalue weighted by atomic mass is 32.2. The van der Waals surface area contributed by atoms with Gasteiger partial charge in [-0.1, -0.05) is 18.2 Å². The summed E-state index contributed by atoms with van der Waals surface area (Å²) in [7, 11) is 0. The molecule has 2 N–H and O–H groups in total. The Bertz CT molecular complexity index is 323. The third-order valence-electron chi connectivity index (χ3n) is 3.09. The zero-order valence-corrected chi connectivity index (χ0v) is 9.47. The van der Waals surface area contributed by atoms with Gasteiger partial charge >= 0.3 is 0 Å². The third kappa shape index (κ3) is 2.34. The Morgan fingerprint density at radius 1 is 1.47 bits per heavy atom. The molecule has 82 valence electrons. The van der Waals surface area contributed by atoms with Crippen molar-refractivity contribution in [2.75, 3.05) is 18.1 Å². The fraction of sp³-hybridized carbons (Fsp3) is 0.500. The molecule has 2 unspecified atom stereocenters. The van der Waals surface area contributed by atoms with E-state index >= 15 is 0 Å². The van der Waals surface area contributed by atoms with E-state index in [1.807, 2.05) is 23.9 Å². The van der Waals surface area contributed by atoms with Crippen LogP contribution in [0.15, 0.2) is 24.3 Å². The van der Waals surface area contributed by atoms with Crippen LogP contribution in [0, 0.1) is 11.7 Å². The average Bonchev–Trinajstić information content (AvgIpc) is 2.75. The topological polar surface area (TPSA) is 26.0 Å². The Morgan fingerprint density at radius 2 is 2.27 bits per heavy atom. The van der Waals surface area contributed by atoms with Crippen molar-refractivity contribution >= 4 is 11.8 Å². The van der Waals surface area contributed by atoms with E-state index < -0.39 is 0 Å². The minimum Gasteiger partial charge on any atom is -0.330 e. The Hall–Kier alpha value is -0.540. The van der Waals surface area contributed by atoms with Gasteiger partial charge in [0, 0.05) is 5.92 Å². The molecule has 1 aliphatic heterocycles. The molecule has 1 aliphatic rings. The van der Waals surface area contributed by atoms with Crippen molar-refractivity contribution in [2.24, 2.45) is 11.7 Å². The molecule has 3 heteroatoms. The molecule has 1 aromatic carbocycles. The van der Waals surface area contributed by atoms with Crippen molar-refractivity contribution < 1.29 is 4.39 Å². The molecule has 15 heavy (non-hydrogen) atoms. The van der Waals surface area contributed by atoms with Gasteiger partial charge in [0.25, 0.3) is 0 Å². The van der Waals surface area contributed by atoms with Gasteiger partial charge in [-0.3, -0.25) is 0 Å². The number of rotatable bonds is 3. The lowest BCUT2D eigenvalue weighted by molar-refractivity contribution is 0.455. The van der Waals surface area contributed by atoms with Gasteiger partial charge in [0.15, 0.2) is 0 Å². The first-order valence-corrected chi connectivity index (χ1v) is 6.50. The van der Waals surface area contributed by atoms with Crippen LogP contribution < -0.4 is 5.73 Å². The maximum atomic E-state index is 13.6. The lowest BCUT2D eigenvalue weighted by Gasteiger charge is -2.22. The molecule has 1 nitrogen and oxygen atoms in total. The van der Waals surface area contributed by atoms with Crippen molar-refractivity contribution in [1.29, 1.82) is 0 Å². The highest BCUT2D eigenvalue weighted by Gasteiger charge is 2.27. The lowest BCUT2D eigenvalue weighted by atomic mass is 9.85. The van der Waals surface area contributed by atoms with Crippen molar-refractivity contribution in [3.05, 3.63) is 35.6 Å². The van der Waals surface area contributed by atoms with Gasteiger partial charge < -0.3 is 5.73 Å². The van der Waals surface area contributed by atoms with Crippen molar-refractivity contribution in [3.8, 4) is 0 Å². The van der Waals surface area contributed by atoms with Gasteiger partial charge in [0.2, 0.25) is 0 Å². The van der Waals surface area contributed by atoms with Gasteiger partial charge in [0.1, 0.15) is 5.82 Å². The van der Waals surface area contributed by atoms with Crippen LogP contribution in [-0.4, -0.2) is 18.1 Å². The normalized spacial score (nSPS) is 22.9. The van der Waals surface area contributed by atoms with Crippen LogP contribution in [-0.2, 0) is 0 Å². The molecule has 1 saturated heterocycles. The molecule has 0 amide bonds. The van der Waals surface area contributed by atoms with Gasteiger partial charge in [-0.2, -0.15) is 11.8 Å². The van der Waals surface area contributed by atoms with Gasteiger partial charge in [-0.15, -0.1) is 0 Å². The second-order valence-electron chi connectivity index (χ2n) is 3.99. The first-order chi connectivity index (χ1) is 7.33. The first kappa shape index (κ1) is 11.0. The maximum absolute atomic E-state index is 13.6. The Balaban J connectivity index is 2.22. The Kier molecular flexibility index (Phi) is 3.65. The minimum absolute atomic E-state index is 0.107. The molecule has 2 atom stereocenters. The fourth-order valence-corrected chi connectivity index (χ4v) is 3.56. The molecule has 2 rings (SSSR count). The van der Waals surface area contributed by atoms with Crippen LogP contribution in [0.1, 0.15) is 17.9 Å². The molecule has 0 radical (unpaired) electrons. The molecule has 1 heterocycles. The van der Waals surface area contributed by atoms with E-state index in [1.54, 1.807) is 6.07 Å². The molecular weight excluding hydrogens is 209 g/mol. The zero-order chi connectivity index (χ0) is 10.7. The molecule has 0 bridgehead atoms. The summed E-state index contributed by atoms with van der Waals surface area (Å²) in [6, 6.07) is 7.02. The van der Waals surface area contributed by atoms with Crippen LogP contribution >= 0.6 is 11.8 Å². The summed E-state index contributed by atoms with van der Waals surface area (Å²) < 4.78 is 13.6. The highest BCUT2D eigenvalue weighted by Crippen LogP contribution is 2.35. The minimum atomic E-state index is -0.107. The van der Waals surface area contributed by atoms with E-state index in [0.717, 1.165) is 11.3 Å². The van der Waals surface area contributed by atoms with E-state index in [-0.39, 0.29) is 11.7 Å². The van der Waals surface area contributed by atoms with Crippen molar-refractivity contribution in [3.63, 3.8) is 0 Å². The molecular formula is C12H16FNS. The smallest absolute Gasteiger partial charge is 0.126 e. The summed E-state index contributed by atoms with van der Waals surface area (Å²) in [6.07, 6.45) is 1.17. The summed E-state index contributed by atoms with van der Waals surface area (Å²) >= 11 is 1.95. The average molecular weight is 225 g/mol. The van der Waals surface area contributed by atoms with Crippen LogP contribution in [0.25, 0.3) is 0 Å². The summed E-state index contributed by atoms with van der Waals surface area (Å²) in [6.45, 7) is 0.548. The van der Waals surface area contributed by atoms with E-state index in [1.165, 1.54) is 18.2 Å². The number of thioether (sulfide) groups is 1. The Labute approximate surface area is 94.2 Å². The van der Waals surface area contributed by atoms with Crippen molar-refractivity contribution in [1.82, 2.24) is 0 Å². The third-order valence-corrected chi connectivity index (χ3v) is 4.28. The van der Waals surface area contributed by atoms with Gasteiger partial charge in [-0.05, 0) is 42.0 Å². The highest BCUT2D eigenvalue weighted by molar-refractivity contribution is 7.99. The molecule has 0 aliphatic carbocycles. The monoisotopic (exact) mass is 225 g/mol. The number of halogens is 1. The Morgan fingerprint density at radius 3 is 2.87 bits per heavy atom. The molecule has 0 saturated carbocycles. The van der Waals surface area contributed by atoms with Gasteiger partial charge in [-0.25, -0.2) is 4.39 Å². The standard InChI is InChI=1S/C12H16FNS/c13-12-4-2-1-3-10(12)11(7-14)9-5-6-15-8-9/h1-4,9,11H,5-8,14H2. The van der Waals surface area contributed by atoms with Crippen LogP contribution in [0.3, 0.4) is 0 Å². The summed E-state index contributed by atoms with van der Waals surface area (Å²) in [5.74, 6) is 2.95. The van der Waals surface area contributed by atoms with Crippen LogP contribution in [0.2, 0.25) is 0 Å². The lowest BCUT2D eigenvalue weighted by Crippen LogP contribution is -2.22. The van der Waals surface area contributed by atoms with E-state index in [9.17, 15) is 4.39 Å². The maximum Gasteiger partial charge on any atom is 0.126 e. The number of benzene rings is 1. The number of nitrogens with two attached hydrogens (primary N) is 1. The second-order valence-corrected chi connectivity index (χ2v) is 5.14.